The first-order valence-electron chi connectivity index (χ1n) is 9.53. The van der Waals surface area contributed by atoms with Gasteiger partial charge >= 0.3 is 0 Å². The summed E-state index contributed by atoms with van der Waals surface area (Å²) in [5, 5.41) is 13.3. The van der Waals surface area contributed by atoms with Crippen molar-refractivity contribution in [1.82, 2.24) is 9.88 Å². The second kappa shape index (κ2) is 9.80. The lowest BCUT2D eigenvalue weighted by Crippen LogP contribution is -2.60. The molecule has 1 saturated heterocycles. The Labute approximate surface area is 166 Å². The minimum absolute atomic E-state index is 0.411. The van der Waals surface area contributed by atoms with Crippen molar-refractivity contribution >= 4 is 23.4 Å². The van der Waals surface area contributed by atoms with Crippen molar-refractivity contribution in [2.75, 3.05) is 13.1 Å². The van der Waals surface area contributed by atoms with Crippen molar-refractivity contribution in [2.24, 2.45) is 15.7 Å². The van der Waals surface area contributed by atoms with E-state index in [1.165, 1.54) is 11.3 Å². The number of amidine groups is 1. The van der Waals surface area contributed by atoms with Crippen molar-refractivity contribution in [2.45, 2.75) is 59.0 Å². The molecule has 0 amide bonds. The molecule has 0 bridgehead atoms. The standard InChI is InChI=1S/C20H31N5OS/c1-5-7-9-15(3)17(22-10-8-6-2)18(21)24-16(4)25-13-20(26,14-25)19-23-11-12-27-19/h9-12,26H,5-8,13-14,21H2,1-4H3/b15-9+,18-17+,22-10?,24-16+. The molecule has 1 fully saturated rings. The molecule has 1 aromatic rings. The van der Waals surface area contributed by atoms with E-state index in [4.69, 9.17) is 5.73 Å². The van der Waals surface area contributed by atoms with Crippen molar-refractivity contribution < 1.29 is 5.11 Å². The number of aliphatic imine (C=N–C) groups is 2. The van der Waals surface area contributed by atoms with Crippen molar-refractivity contribution in [3.63, 3.8) is 0 Å². The topological polar surface area (TPSA) is 87.1 Å². The van der Waals surface area contributed by atoms with Crippen LogP contribution in [0.15, 0.2) is 44.7 Å². The lowest BCUT2D eigenvalue weighted by molar-refractivity contribution is -0.0720. The van der Waals surface area contributed by atoms with Crippen LogP contribution >= 0.6 is 11.3 Å². The number of nitrogens with zero attached hydrogens (tertiary/aromatic N) is 4. The molecule has 2 rings (SSSR count). The van der Waals surface area contributed by atoms with Crippen LogP contribution in [0, 0.1) is 0 Å². The molecule has 0 unspecified atom stereocenters. The summed E-state index contributed by atoms with van der Waals surface area (Å²) in [6, 6.07) is 0. The summed E-state index contributed by atoms with van der Waals surface area (Å²) in [7, 11) is 0. The van der Waals surface area contributed by atoms with E-state index in [1.807, 2.05) is 30.3 Å². The van der Waals surface area contributed by atoms with E-state index in [2.05, 4.69) is 34.9 Å². The molecule has 27 heavy (non-hydrogen) atoms. The highest BCUT2D eigenvalue weighted by molar-refractivity contribution is 7.09. The number of rotatable bonds is 8. The molecular formula is C20H31N5OS. The second-order valence-corrected chi connectivity index (χ2v) is 7.79. The fourth-order valence-electron chi connectivity index (χ4n) is 2.81. The molecule has 3 N–H and O–H groups in total. The Morgan fingerprint density at radius 1 is 1.33 bits per heavy atom. The van der Waals surface area contributed by atoms with E-state index in [1.54, 1.807) is 6.20 Å². The molecule has 0 aromatic carbocycles. The lowest BCUT2D eigenvalue weighted by Gasteiger charge is -2.46. The molecule has 2 heterocycles. The van der Waals surface area contributed by atoms with Crippen LogP contribution in [-0.2, 0) is 5.60 Å². The third kappa shape index (κ3) is 5.49. The first-order chi connectivity index (χ1) is 12.9. The van der Waals surface area contributed by atoms with Crippen molar-refractivity contribution in [3.8, 4) is 0 Å². The van der Waals surface area contributed by atoms with Crippen LogP contribution in [0.4, 0.5) is 0 Å². The predicted molar refractivity (Wildman–Crippen MR) is 114 cm³/mol. The molecule has 0 atom stereocenters. The van der Waals surface area contributed by atoms with E-state index >= 15 is 0 Å². The van der Waals surface area contributed by atoms with Gasteiger partial charge in [-0.2, -0.15) is 0 Å². The highest BCUT2D eigenvalue weighted by atomic mass is 32.1. The zero-order valence-electron chi connectivity index (χ0n) is 16.8. The SMILES string of the molecule is CCCC=NC(/C(C)=C/CCC)=C(N)/N=C(\C)N1CC(O)(c2nccs2)C1. The number of nitrogens with two attached hydrogens (primary N) is 1. The monoisotopic (exact) mass is 389 g/mol. The van der Waals surface area contributed by atoms with Gasteiger partial charge in [0.05, 0.1) is 13.1 Å². The maximum Gasteiger partial charge on any atom is 0.151 e. The van der Waals surface area contributed by atoms with Crippen LogP contribution in [0.3, 0.4) is 0 Å². The van der Waals surface area contributed by atoms with Gasteiger partial charge in [0, 0.05) is 17.8 Å². The molecule has 1 aromatic heterocycles. The molecule has 7 heteroatoms. The first-order valence-corrected chi connectivity index (χ1v) is 10.4. The number of hydrogen-bond acceptors (Lipinski definition) is 6. The van der Waals surface area contributed by atoms with Crippen LogP contribution in [0.5, 0.6) is 0 Å². The van der Waals surface area contributed by atoms with E-state index in [-0.39, 0.29) is 0 Å². The molecular weight excluding hydrogens is 358 g/mol. The predicted octanol–water partition coefficient (Wildman–Crippen LogP) is 3.81. The molecule has 1 aliphatic heterocycles. The molecule has 1 aliphatic rings. The molecule has 6 nitrogen and oxygen atoms in total. The van der Waals surface area contributed by atoms with E-state index in [9.17, 15) is 5.11 Å². The minimum Gasteiger partial charge on any atom is -0.382 e. The Balaban J connectivity index is 2.16. The van der Waals surface area contributed by atoms with Gasteiger partial charge in [0.1, 0.15) is 16.5 Å². The number of hydrogen-bond donors (Lipinski definition) is 2. The summed E-state index contributed by atoms with van der Waals surface area (Å²) < 4.78 is 0. The largest absolute Gasteiger partial charge is 0.382 e. The van der Waals surface area contributed by atoms with E-state index in [0.717, 1.165) is 47.8 Å². The number of β-amino-alcohol motifs (C(OH)–C–C–N with tert-alkyl or cyclic N) is 1. The highest BCUT2D eigenvalue weighted by Crippen LogP contribution is 2.33. The van der Waals surface area contributed by atoms with Gasteiger partial charge in [0.2, 0.25) is 0 Å². The number of allylic oxidation sites excluding steroid dienone is 2. The van der Waals surface area contributed by atoms with E-state index in [0.29, 0.717) is 18.9 Å². The number of aromatic nitrogens is 1. The van der Waals surface area contributed by atoms with Crippen LogP contribution in [0.1, 0.15) is 58.4 Å². The summed E-state index contributed by atoms with van der Waals surface area (Å²) in [4.78, 5) is 15.4. The average molecular weight is 390 g/mol. The Kier molecular flexibility index (Phi) is 7.74. The maximum atomic E-state index is 10.6. The van der Waals surface area contributed by atoms with Crippen LogP contribution in [0.2, 0.25) is 0 Å². The van der Waals surface area contributed by atoms with Crippen molar-refractivity contribution in [3.05, 3.63) is 39.8 Å². The zero-order valence-corrected chi connectivity index (χ0v) is 17.6. The van der Waals surface area contributed by atoms with Gasteiger partial charge < -0.3 is 15.7 Å². The third-order valence-electron chi connectivity index (χ3n) is 4.47. The summed E-state index contributed by atoms with van der Waals surface area (Å²) >= 11 is 1.47. The number of thiazole rings is 1. The summed E-state index contributed by atoms with van der Waals surface area (Å²) in [6.07, 6.45) is 9.79. The molecule has 0 radical (unpaired) electrons. The van der Waals surface area contributed by atoms with Crippen LogP contribution < -0.4 is 5.73 Å². The third-order valence-corrected chi connectivity index (χ3v) is 5.44. The molecule has 148 valence electrons. The average Bonchev–Trinajstić information content (AvgIpc) is 3.15. The first kappa shape index (κ1) is 21.3. The Hall–Kier alpha value is -1.99. The van der Waals surface area contributed by atoms with Crippen molar-refractivity contribution in [1.29, 1.82) is 0 Å². The molecule has 0 aliphatic carbocycles. The fraction of sp³-hybridized carbons (Fsp3) is 0.550. The quantitative estimate of drug-likeness (QED) is 0.402. The summed E-state index contributed by atoms with van der Waals surface area (Å²) in [5.74, 6) is 1.19. The van der Waals surface area contributed by atoms with Crippen LogP contribution in [0.25, 0.3) is 0 Å². The van der Waals surface area contributed by atoms with Crippen LogP contribution in [-0.4, -0.2) is 40.1 Å². The lowest BCUT2D eigenvalue weighted by atomic mass is 9.95. The second-order valence-electron chi connectivity index (χ2n) is 6.89. The molecule has 0 saturated carbocycles. The number of aliphatic hydroxyl groups is 1. The van der Waals surface area contributed by atoms with E-state index < -0.39 is 5.60 Å². The summed E-state index contributed by atoms with van der Waals surface area (Å²) in [5.41, 5.74) is 7.18. The van der Waals surface area contributed by atoms with Gasteiger partial charge in [0.25, 0.3) is 0 Å². The van der Waals surface area contributed by atoms with Gasteiger partial charge in [-0.05, 0) is 32.3 Å². The fourth-order valence-corrected chi connectivity index (χ4v) is 3.53. The Morgan fingerprint density at radius 2 is 2.04 bits per heavy atom. The molecule has 0 spiro atoms. The number of likely N-dealkylation sites (tertiary alicyclic amines) is 1. The van der Waals surface area contributed by atoms with Gasteiger partial charge in [-0.3, -0.25) is 4.99 Å². The van der Waals surface area contributed by atoms with Gasteiger partial charge in [-0.1, -0.05) is 32.8 Å². The van der Waals surface area contributed by atoms with Gasteiger partial charge in [-0.25, -0.2) is 9.98 Å². The van der Waals surface area contributed by atoms with Gasteiger partial charge in [0.15, 0.2) is 11.4 Å². The zero-order chi connectivity index (χ0) is 19.9. The Morgan fingerprint density at radius 3 is 2.63 bits per heavy atom. The number of unbranched alkanes of at least 4 members (excludes halogenated alkanes) is 2. The summed E-state index contributed by atoms with van der Waals surface area (Å²) in [6.45, 7) is 9.15. The Bertz CT molecular complexity index is 728. The highest BCUT2D eigenvalue weighted by Gasteiger charge is 2.45. The normalized spacial score (nSPS) is 18.6. The maximum absolute atomic E-state index is 10.6. The van der Waals surface area contributed by atoms with Gasteiger partial charge in [-0.15, -0.1) is 11.3 Å². The minimum atomic E-state index is -0.886. The smallest absolute Gasteiger partial charge is 0.151 e.